The van der Waals surface area contributed by atoms with Crippen LogP contribution in [0.5, 0.6) is 0 Å². The van der Waals surface area contributed by atoms with Crippen LogP contribution >= 0.6 is 11.8 Å². The predicted molar refractivity (Wildman–Crippen MR) is 89.0 cm³/mol. The van der Waals surface area contributed by atoms with Crippen LogP contribution in [0.25, 0.3) is 0 Å². The smallest absolute Gasteiger partial charge is 0.311 e. The molecular weight excluding hydrogens is 314 g/mol. The van der Waals surface area contributed by atoms with E-state index in [0.717, 1.165) is 10.6 Å². The Hall–Kier alpha value is -2.21. The maximum Gasteiger partial charge on any atom is 0.311 e. The summed E-state index contributed by atoms with van der Waals surface area (Å²) in [5.41, 5.74) is 2.18. The summed E-state index contributed by atoms with van der Waals surface area (Å²) in [6.07, 6.45) is 1.11. The van der Waals surface area contributed by atoms with Crippen molar-refractivity contribution in [2.75, 3.05) is 12.3 Å². The maximum absolute atomic E-state index is 12.2. The van der Waals surface area contributed by atoms with Gasteiger partial charge in [-0.05, 0) is 26.0 Å². The van der Waals surface area contributed by atoms with Crippen LogP contribution in [0.15, 0.2) is 39.8 Å². The van der Waals surface area contributed by atoms with E-state index in [1.54, 1.807) is 18.7 Å². The summed E-state index contributed by atoms with van der Waals surface area (Å²) in [7, 11) is 0. The highest BCUT2D eigenvalue weighted by atomic mass is 32.2. The highest BCUT2D eigenvalue weighted by molar-refractivity contribution is 7.99. The molecule has 23 heavy (non-hydrogen) atoms. The summed E-state index contributed by atoms with van der Waals surface area (Å²) >= 11 is 1.66. The molecule has 2 aromatic rings. The molecular formula is C17H19NO4S. The number of benzene rings is 1. The van der Waals surface area contributed by atoms with Gasteiger partial charge in [-0.25, -0.2) is 0 Å². The molecule has 0 aliphatic carbocycles. The van der Waals surface area contributed by atoms with Gasteiger partial charge in [-0.2, -0.15) is 0 Å². The van der Waals surface area contributed by atoms with Crippen molar-refractivity contribution in [1.82, 2.24) is 5.32 Å². The third kappa shape index (κ3) is 4.89. The number of rotatable bonds is 7. The molecule has 0 aliphatic heterocycles. The quantitative estimate of drug-likeness (QED) is 0.601. The van der Waals surface area contributed by atoms with Gasteiger partial charge >= 0.3 is 5.97 Å². The van der Waals surface area contributed by atoms with Crippen LogP contribution in [-0.2, 0) is 11.2 Å². The number of aryl methyl sites for hydroxylation is 2. The Bertz CT molecular complexity index is 691. The molecule has 0 spiro atoms. The number of aliphatic carboxylic acids is 1. The summed E-state index contributed by atoms with van der Waals surface area (Å²) in [6, 6.07) is 8.20. The highest BCUT2D eigenvalue weighted by Crippen LogP contribution is 2.19. The van der Waals surface area contributed by atoms with E-state index in [4.69, 9.17) is 9.52 Å². The minimum atomic E-state index is -1.02. The normalized spacial score (nSPS) is 10.5. The average molecular weight is 333 g/mol. The first-order valence-electron chi connectivity index (χ1n) is 7.24. The second-order valence-electron chi connectivity index (χ2n) is 5.20. The predicted octanol–water partition coefficient (Wildman–Crippen LogP) is 3.05. The fourth-order valence-corrected chi connectivity index (χ4v) is 2.90. The van der Waals surface area contributed by atoms with Gasteiger partial charge in [-0.1, -0.05) is 17.7 Å². The fraction of sp³-hybridized carbons (Fsp3) is 0.294. The van der Waals surface area contributed by atoms with E-state index in [2.05, 4.69) is 5.32 Å². The van der Waals surface area contributed by atoms with Crippen molar-refractivity contribution in [1.29, 1.82) is 0 Å². The lowest BCUT2D eigenvalue weighted by Crippen LogP contribution is -2.27. The number of carbonyl (C=O) groups is 2. The molecule has 1 heterocycles. The standard InChI is InChI=1S/C17H19NO4S/c1-11-3-5-13(6-4-11)23-8-7-18-17(21)16-12(2)10-22-14(16)9-15(19)20/h3-6,10H,7-9H2,1-2H3,(H,18,21)(H,19,20). The monoisotopic (exact) mass is 333 g/mol. The summed E-state index contributed by atoms with van der Waals surface area (Å²) in [6.45, 7) is 4.26. The van der Waals surface area contributed by atoms with Crippen LogP contribution in [0.1, 0.15) is 27.2 Å². The molecule has 0 radical (unpaired) electrons. The van der Waals surface area contributed by atoms with Gasteiger partial charge in [-0.15, -0.1) is 11.8 Å². The second kappa shape index (κ2) is 7.87. The van der Waals surface area contributed by atoms with Crippen molar-refractivity contribution in [3.05, 3.63) is 53.0 Å². The molecule has 1 aromatic carbocycles. The van der Waals surface area contributed by atoms with Gasteiger partial charge in [0.2, 0.25) is 0 Å². The molecule has 2 rings (SSSR count). The molecule has 0 saturated heterocycles. The zero-order valence-electron chi connectivity index (χ0n) is 13.1. The number of thioether (sulfide) groups is 1. The van der Waals surface area contributed by atoms with Gasteiger partial charge in [0.1, 0.15) is 12.2 Å². The lowest BCUT2D eigenvalue weighted by Gasteiger charge is -2.06. The topological polar surface area (TPSA) is 79.5 Å². The Kier molecular flexibility index (Phi) is 5.87. The number of furan rings is 1. The molecule has 122 valence electrons. The van der Waals surface area contributed by atoms with E-state index >= 15 is 0 Å². The number of nitrogens with one attached hydrogen (secondary N) is 1. The number of hydrogen-bond acceptors (Lipinski definition) is 4. The Morgan fingerprint density at radius 2 is 1.91 bits per heavy atom. The molecule has 0 atom stereocenters. The van der Waals surface area contributed by atoms with Crippen LogP contribution in [0.3, 0.4) is 0 Å². The molecule has 1 amide bonds. The molecule has 1 aromatic heterocycles. The van der Waals surface area contributed by atoms with Gasteiger partial charge in [0.25, 0.3) is 5.91 Å². The zero-order valence-corrected chi connectivity index (χ0v) is 13.9. The SMILES string of the molecule is Cc1ccc(SCCNC(=O)c2c(C)coc2CC(=O)O)cc1. The lowest BCUT2D eigenvalue weighted by atomic mass is 10.1. The average Bonchev–Trinajstić information content (AvgIpc) is 2.85. The van der Waals surface area contributed by atoms with Crippen molar-refractivity contribution >= 4 is 23.6 Å². The Morgan fingerprint density at radius 1 is 1.22 bits per heavy atom. The molecule has 6 heteroatoms. The van der Waals surface area contributed by atoms with Crippen molar-refractivity contribution in [2.45, 2.75) is 25.2 Å². The summed E-state index contributed by atoms with van der Waals surface area (Å²) in [5, 5.41) is 11.7. The van der Waals surface area contributed by atoms with Crippen LogP contribution in [0.2, 0.25) is 0 Å². The van der Waals surface area contributed by atoms with Crippen molar-refractivity contribution in [3.63, 3.8) is 0 Å². The van der Waals surface area contributed by atoms with Crippen LogP contribution < -0.4 is 5.32 Å². The molecule has 0 saturated carbocycles. The summed E-state index contributed by atoms with van der Waals surface area (Å²) in [4.78, 5) is 24.2. The van der Waals surface area contributed by atoms with E-state index in [-0.39, 0.29) is 18.1 Å². The van der Waals surface area contributed by atoms with E-state index in [1.807, 2.05) is 31.2 Å². The number of amides is 1. The van der Waals surface area contributed by atoms with Gasteiger partial charge in [0.05, 0.1) is 11.8 Å². The number of carbonyl (C=O) groups excluding carboxylic acids is 1. The number of carboxylic acid groups (broad SMARTS) is 1. The summed E-state index contributed by atoms with van der Waals surface area (Å²) < 4.78 is 5.17. The van der Waals surface area contributed by atoms with Crippen LogP contribution in [0, 0.1) is 13.8 Å². The van der Waals surface area contributed by atoms with E-state index in [1.165, 1.54) is 11.8 Å². The first-order valence-corrected chi connectivity index (χ1v) is 8.22. The molecule has 0 unspecified atom stereocenters. The highest BCUT2D eigenvalue weighted by Gasteiger charge is 2.20. The van der Waals surface area contributed by atoms with Crippen LogP contribution in [0.4, 0.5) is 0 Å². The fourth-order valence-electron chi connectivity index (χ4n) is 2.13. The van der Waals surface area contributed by atoms with Crippen molar-refractivity contribution in [3.8, 4) is 0 Å². The Balaban J connectivity index is 1.86. The third-order valence-corrected chi connectivity index (χ3v) is 4.28. The van der Waals surface area contributed by atoms with E-state index < -0.39 is 5.97 Å². The molecule has 5 nitrogen and oxygen atoms in total. The van der Waals surface area contributed by atoms with Gasteiger partial charge in [0.15, 0.2) is 0 Å². The van der Waals surface area contributed by atoms with E-state index in [0.29, 0.717) is 17.7 Å². The van der Waals surface area contributed by atoms with Crippen LogP contribution in [-0.4, -0.2) is 29.3 Å². The first-order chi connectivity index (χ1) is 11.0. The molecule has 0 aliphatic rings. The maximum atomic E-state index is 12.2. The van der Waals surface area contributed by atoms with Gasteiger partial charge in [0, 0.05) is 22.8 Å². The van der Waals surface area contributed by atoms with Crippen molar-refractivity contribution in [2.24, 2.45) is 0 Å². The Morgan fingerprint density at radius 3 is 2.57 bits per heavy atom. The van der Waals surface area contributed by atoms with Crippen molar-refractivity contribution < 1.29 is 19.1 Å². The minimum absolute atomic E-state index is 0.193. The second-order valence-corrected chi connectivity index (χ2v) is 6.37. The molecule has 0 bridgehead atoms. The lowest BCUT2D eigenvalue weighted by molar-refractivity contribution is -0.136. The molecule has 0 fully saturated rings. The number of hydrogen-bond donors (Lipinski definition) is 2. The Labute approximate surface area is 139 Å². The first kappa shape index (κ1) is 17.1. The largest absolute Gasteiger partial charge is 0.481 e. The van der Waals surface area contributed by atoms with Gasteiger partial charge < -0.3 is 14.8 Å². The zero-order chi connectivity index (χ0) is 16.8. The van der Waals surface area contributed by atoms with Gasteiger partial charge in [-0.3, -0.25) is 9.59 Å². The summed E-state index contributed by atoms with van der Waals surface area (Å²) in [5.74, 6) is -0.390. The molecule has 2 N–H and O–H groups in total. The minimum Gasteiger partial charge on any atom is -0.481 e. The number of carboxylic acids is 1. The van der Waals surface area contributed by atoms with E-state index in [9.17, 15) is 9.59 Å². The third-order valence-electron chi connectivity index (χ3n) is 3.27.